The fourth-order valence-corrected chi connectivity index (χ4v) is 4.85. The number of hydrogen-bond acceptors (Lipinski definition) is 3. The smallest absolute Gasteiger partial charge is 0.214 e. The van der Waals surface area contributed by atoms with E-state index in [9.17, 15) is 8.42 Å². The summed E-state index contributed by atoms with van der Waals surface area (Å²) in [5.74, 6) is 0. The third kappa shape index (κ3) is 3.42. The van der Waals surface area contributed by atoms with Crippen molar-refractivity contribution < 1.29 is 8.42 Å². The first-order valence-corrected chi connectivity index (χ1v) is 8.41. The van der Waals surface area contributed by atoms with Gasteiger partial charge in [0.2, 0.25) is 10.0 Å². The highest BCUT2D eigenvalue weighted by Gasteiger charge is 2.32. The van der Waals surface area contributed by atoms with Crippen LogP contribution in [-0.2, 0) is 10.0 Å². The van der Waals surface area contributed by atoms with Crippen LogP contribution in [0.2, 0.25) is 0 Å². The Morgan fingerprint density at radius 3 is 2.18 bits per heavy atom. The molecular formula is C12H24N2O2S. The van der Waals surface area contributed by atoms with E-state index in [1.54, 1.807) is 0 Å². The number of nitrogens with two attached hydrogens (primary N) is 1. The monoisotopic (exact) mass is 260 g/mol. The van der Waals surface area contributed by atoms with Crippen LogP contribution in [0.1, 0.15) is 57.8 Å². The van der Waals surface area contributed by atoms with E-state index in [4.69, 9.17) is 5.73 Å². The molecule has 4 nitrogen and oxygen atoms in total. The van der Waals surface area contributed by atoms with Crippen molar-refractivity contribution in [2.75, 3.05) is 0 Å². The van der Waals surface area contributed by atoms with Crippen molar-refractivity contribution >= 4 is 10.0 Å². The second kappa shape index (κ2) is 5.67. The van der Waals surface area contributed by atoms with Crippen molar-refractivity contribution in [1.29, 1.82) is 0 Å². The average molecular weight is 260 g/mol. The normalized spacial score (nSPS) is 32.5. The predicted molar refractivity (Wildman–Crippen MR) is 69.2 cm³/mol. The van der Waals surface area contributed by atoms with Gasteiger partial charge in [0, 0.05) is 12.1 Å². The van der Waals surface area contributed by atoms with Crippen molar-refractivity contribution in [3.63, 3.8) is 0 Å². The lowest BCUT2D eigenvalue weighted by atomic mass is 10.1. The molecule has 0 spiro atoms. The van der Waals surface area contributed by atoms with Crippen LogP contribution >= 0.6 is 0 Å². The first-order valence-electron chi connectivity index (χ1n) is 6.86. The van der Waals surface area contributed by atoms with E-state index in [2.05, 4.69) is 4.72 Å². The lowest BCUT2D eigenvalue weighted by Crippen LogP contribution is -2.49. The first kappa shape index (κ1) is 13.3. The van der Waals surface area contributed by atoms with Crippen LogP contribution in [0.3, 0.4) is 0 Å². The van der Waals surface area contributed by atoms with E-state index >= 15 is 0 Å². The summed E-state index contributed by atoms with van der Waals surface area (Å²) in [6.45, 7) is 0. The van der Waals surface area contributed by atoms with Gasteiger partial charge in [-0.1, -0.05) is 32.1 Å². The van der Waals surface area contributed by atoms with Crippen LogP contribution in [0.15, 0.2) is 0 Å². The minimum atomic E-state index is -3.14. The van der Waals surface area contributed by atoms with Gasteiger partial charge in [0.05, 0.1) is 5.25 Å². The van der Waals surface area contributed by atoms with Crippen LogP contribution in [-0.4, -0.2) is 25.8 Å². The summed E-state index contributed by atoms with van der Waals surface area (Å²) >= 11 is 0. The predicted octanol–water partition coefficient (Wildman–Crippen LogP) is 1.51. The Bertz CT molecular complexity index is 336. The van der Waals surface area contributed by atoms with Crippen molar-refractivity contribution in [2.45, 2.75) is 75.1 Å². The van der Waals surface area contributed by atoms with Gasteiger partial charge < -0.3 is 5.73 Å². The van der Waals surface area contributed by atoms with E-state index in [1.165, 1.54) is 6.42 Å². The molecule has 0 aromatic carbocycles. The van der Waals surface area contributed by atoms with E-state index in [0.717, 1.165) is 51.4 Å². The van der Waals surface area contributed by atoms with Crippen LogP contribution in [0, 0.1) is 0 Å². The molecule has 5 heteroatoms. The van der Waals surface area contributed by atoms with Gasteiger partial charge in [0.1, 0.15) is 0 Å². The van der Waals surface area contributed by atoms with Gasteiger partial charge >= 0.3 is 0 Å². The summed E-state index contributed by atoms with van der Waals surface area (Å²) in [6.07, 6.45) is 8.95. The molecule has 0 amide bonds. The van der Waals surface area contributed by atoms with Gasteiger partial charge in [-0.3, -0.25) is 0 Å². The summed E-state index contributed by atoms with van der Waals surface area (Å²) < 4.78 is 27.3. The van der Waals surface area contributed by atoms with Crippen molar-refractivity contribution in [3.8, 4) is 0 Å². The molecule has 2 atom stereocenters. The highest BCUT2D eigenvalue weighted by molar-refractivity contribution is 7.90. The third-order valence-corrected chi connectivity index (χ3v) is 6.11. The second-order valence-electron chi connectivity index (χ2n) is 5.48. The maximum atomic E-state index is 12.2. The van der Waals surface area contributed by atoms with Gasteiger partial charge in [-0.15, -0.1) is 0 Å². The molecule has 0 aliphatic heterocycles. The number of nitrogens with one attached hydrogen (secondary N) is 1. The zero-order chi connectivity index (χ0) is 12.3. The standard InChI is InChI=1S/C12H24N2O2S/c13-11-8-2-1-3-9-12(11)14-17(15,16)10-6-4-5-7-10/h10-12,14H,1-9,13H2. The molecule has 0 heterocycles. The zero-order valence-corrected chi connectivity index (χ0v) is 11.2. The summed E-state index contributed by atoms with van der Waals surface area (Å²) in [6, 6.07) is -0.0446. The summed E-state index contributed by atoms with van der Waals surface area (Å²) in [4.78, 5) is 0. The zero-order valence-electron chi connectivity index (χ0n) is 10.4. The Morgan fingerprint density at radius 2 is 1.47 bits per heavy atom. The molecule has 2 aliphatic rings. The van der Waals surface area contributed by atoms with Gasteiger partial charge in [-0.2, -0.15) is 0 Å². The maximum absolute atomic E-state index is 12.2. The van der Waals surface area contributed by atoms with Crippen LogP contribution in [0.5, 0.6) is 0 Å². The highest BCUT2D eigenvalue weighted by Crippen LogP contribution is 2.25. The highest BCUT2D eigenvalue weighted by atomic mass is 32.2. The summed E-state index contributed by atoms with van der Waals surface area (Å²) in [5, 5.41) is -0.169. The molecule has 100 valence electrons. The van der Waals surface area contributed by atoms with Gasteiger partial charge in [0.15, 0.2) is 0 Å². The topological polar surface area (TPSA) is 72.2 Å². The van der Waals surface area contributed by atoms with Crippen LogP contribution in [0.25, 0.3) is 0 Å². The molecule has 2 saturated carbocycles. The van der Waals surface area contributed by atoms with E-state index in [0.29, 0.717) is 0 Å². The van der Waals surface area contributed by atoms with Crippen molar-refractivity contribution in [2.24, 2.45) is 5.73 Å². The van der Waals surface area contributed by atoms with Crippen molar-refractivity contribution in [3.05, 3.63) is 0 Å². The molecule has 0 radical (unpaired) electrons. The molecule has 2 fully saturated rings. The molecule has 3 N–H and O–H groups in total. The Kier molecular flexibility index (Phi) is 4.44. The van der Waals surface area contributed by atoms with E-state index in [1.807, 2.05) is 0 Å². The van der Waals surface area contributed by atoms with E-state index in [-0.39, 0.29) is 17.3 Å². The van der Waals surface area contributed by atoms with E-state index < -0.39 is 10.0 Å². The van der Waals surface area contributed by atoms with Gasteiger partial charge in [-0.25, -0.2) is 13.1 Å². The number of rotatable bonds is 3. The molecule has 0 saturated heterocycles. The molecule has 17 heavy (non-hydrogen) atoms. The quantitative estimate of drug-likeness (QED) is 0.756. The molecular weight excluding hydrogens is 236 g/mol. The second-order valence-corrected chi connectivity index (χ2v) is 7.47. The number of sulfonamides is 1. The Morgan fingerprint density at radius 1 is 0.882 bits per heavy atom. The largest absolute Gasteiger partial charge is 0.326 e. The van der Waals surface area contributed by atoms with Crippen molar-refractivity contribution in [1.82, 2.24) is 4.72 Å². The summed E-state index contributed by atoms with van der Waals surface area (Å²) in [7, 11) is -3.14. The van der Waals surface area contributed by atoms with Gasteiger partial charge in [-0.05, 0) is 25.7 Å². The fraction of sp³-hybridized carbons (Fsp3) is 1.00. The Balaban J connectivity index is 1.98. The molecule has 0 aromatic heterocycles. The Hall–Kier alpha value is -0.130. The molecule has 0 aromatic rings. The average Bonchev–Trinajstić information content (AvgIpc) is 2.74. The fourth-order valence-electron chi connectivity index (χ4n) is 2.99. The van der Waals surface area contributed by atoms with Gasteiger partial charge in [0.25, 0.3) is 0 Å². The maximum Gasteiger partial charge on any atom is 0.214 e. The van der Waals surface area contributed by atoms with Crippen LogP contribution < -0.4 is 10.5 Å². The Labute approximate surface area is 104 Å². The molecule has 2 unspecified atom stereocenters. The molecule has 2 aliphatic carbocycles. The third-order valence-electron chi connectivity index (χ3n) is 4.13. The van der Waals surface area contributed by atoms with Crippen LogP contribution in [0.4, 0.5) is 0 Å². The number of hydrogen-bond donors (Lipinski definition) is 2. The first-order chi connectivity index (χ1) is 8.09. The lowest BCUT2D eigenvalue weighted by molar-refractivity contribution is 0.452. The molecule has 2 rings (SSSR count). The minimum Gasteiger partial charge on any atom is -0.326 e. The minimum absolute atomic E-state index is 0.00585. The SMILES string of the molecule is NC1CCCCCC1NS(=O)(=O)C1CCCC1. The summed E-state index contributed by atoms with van der Waals surface area (Å²) in [5.41, 5.74) is 6.06. The molecule has 0 bridgehead atoms. The lowest BCUT2D eigenvalue weighted by Gasteiger charge is -2.24.